The molecule has 1 atom stereocenters. The largest absolute Gasteiger partial charge is 0.496 e. The fraction of sp³-hybridized carbons (Fsp3) is 0.471. The highest BCUT2D eigenvalue weighted by molar-refractivity contribution is 6.04. The molecular formula is C17H23N3O4. The lowest BCUT2D eigenvalue weighted by Crippen LogP contribution is -2.52. The Morgan fingerprint density at radius 2 is 2.17 bits per heavy atom. The van der Waals surface area contributed by atoms with Crippen LogP contribution in [0.15, 0.2) is 18.2 Å². The average molecular weight is 333 g/mol. The topological polar surface area (TPSA) is 96.5 Å². The molecule has 3 amide bonds. The first-order valence-corrected chi connectivity index (χ1v) is 8.11. The van der Waals surface area contributed by atoms with Gasteiger partial charge in [0, 0.05) is 24.7 Å². The number of imide groups is 1. The fourth-order valence-electron chi connectivity index (χ4n) is 2.47. The van der Waals surface area contributed by atoms with Crippen LogP contribution in [-0.4, -0.2) is 37.4 Å². The zero-order valence-electron chi connectivity index (χ0n) is 14.0. The number of hydrogen-bond acceptors (Lipinski definition) is 5. The van der Waals surface area contributed by atoms with Crippen molar-refractivity contribution in [2.75, 3.05) is 19.0 Å². The zero-order chi connectivity index (χ0) is 17.5. The molecule has 130 valence electrons. The van der Waals surface area contributed by atoms with Gasteiger partial charge in [0.15, 0.2) is 0 Å². The van der Waals surface area contributed by atoms with Crippen LogP contribution in [0, 0.1) is 0 Å². The standard InChI is InChI=1S/C17H23N3O4/c1-3-4-9-18-11-5-6-12(14(10-11)24-2)16(22)19-13-7-8-15(21)20-17(13)23/h5-6,10,13,18H,3-4,7-9H2,1-2H3,(H,19,22)(H,20,21,23). The normalized spacial score (nSPS) is 17.2. The highest BCUT2D eigenvalue weighted by Crippen LogP contribution is 2.23. The number of anilines is 1. The van der Waals surface area contributed by atoms with Gasteiger partial charge in [0.1, 0.15) is 11.8 Å². The molecule has 0 spiro atoms. The van der Waals surface area contributed by atoms with Crippen LogP contribution in [0.2, 0.25) is 0 Å². The van der Waals surface area contributed by atoms with E-state index < -0.39 is 17.9 Å². The molecule has 1 aliphatic rings. The molecule has 7 nitrogen and oxygen atoms in total. The Morgan fingerprint density at radius 3 is 2.83 bits per heavy atom. The molecule has 2 rings (SSSR count). The van der Waals surface area contributed by atoms with Crippen molar-refractivity contribution in [3.63, 3.8) is 0 Å². The molecule has 1 aromatic carbocycles. The second-order valence-electron chi connectivity index (χ2n) is 5.67. The molecule has 1 saturated heterocycles. The molecular weight excluding hydrogens is 310 g/mol. The number of carbonyl (C=O) groups is 3. The summed E-state index contributed by atoms with van der Waals surface area (Å²) in [6.45, 7) is 2.96. The smallest absolute Gasteiger partial charge is 0.255 e. The number of piperidine rings is 1. The van der Waals surface area contributed by atoms with Crippen molar-refractivity contribution in [3.05, 3.63) is 23.8 Å². The number of hydrogen-bond donors (Lipinski definition) is 3. The highest BCUT2D eigenvalue weighted by atomic mass is 16.5. The highest BCUT2D eigenvalue weighted by Gasteiger charge is 2.28. The van der Waals surface area contributed by atoms with Crippen LogP contribution >= 0.6 is 0 Å². The molecule has 0 radical (unpaired) electrons. The van der Waals surface area contributed by atoms with Gasteiger partial charge in [-0.2, -0.15) is 0 Å². The third-order valence-corrected chi connectivity index (χ3v) is 3.85. The maximum atomic E-state index is 12.4. The minimum Gasteiger partial charge on any atom is -0.496 e. The van der Waals surface area contributed by atoms with Crippen molar-refractivity contribution in [1.82, 2.24) is 10.6 Å². The summed E-state index contributed by atoms with van der Waals surface area (Å²) in [5.41, 5.74) is 1.22. The number of nitrogens with one attached hydrogen (secondary N) is 3. The molecule has 0 aromatic heterocycles. The molecule has 1 heterocycles. The summed E-state index contributed by atoms with van der Waals surface area (Å²) in [6, 6.07) is 4.52. The summed E-state index contributed by atoms with van der Waals surface area (Å²) in [7, 11) is 1.49. The predicted octanol–water partition coefficient (Wildman–Crippen LogP) is 1.44. The van der Waals surface area contributed by atoms with Gasteiger partial charge >= 0.3 is 0 Å². The van der Waals surface area contributed by atoms with Crippen molar-refractivity contribution >= 4 is 23.4 Å². The Morgan fingerprint density at radius 1 is 1.38 bits per heavy atom. The van der Waals surface area contributed by atoms with Gasteiger partial charge < -0.3 is 15.4 Å². The average Bonchev–Trinajstić information content (AvgIpc) is 2.57. The van der Waals surface area contributed by atoms with E-state index in [1.54, 1.807) is 18.2 Å². The maximum Gasteiger partial charge on any atom is 0.255 e. The van der Waals surface area contributed by atoms with Gasteiger partial charge in [0.05, 0.1) is 12.7 Å². The summed E-state index contributed by atoms with van der Waals surface area (Å²) in [5, 5.41) is 8.13. The summed E-state index contributed by atoms with van der Waals surface area (Å²) >= 11 is 0. The van der Waals surface area contributed by atoms with Gasteiger partial charge in [-0.3, -0.25) is 19.7 Å². The second kappa shape index (κ2) is 8.33. The monoisotopic (exact) mass is 333 g/mol. The lowest BCUT2D eigenvalue weighted by molar-refractivity contribution is -0.134. The predicted molar refractivity (Wildman–Crippen MR) is 90.0 cm³/mol. The third-order valence-electron chi connectivity index (χ3n) is 3.85. The van der Waals surface area contributed by atoms with Crippen molar-refractivity contribution in [2.45, 2.75) is 38.6 Å². The van der Waals surface area contributed by atoms with Crippen LogP contribution in [0.4, 0.5) is 5.69 Å². The molecule has 7 heteroatoms. The minimum atomic E-state index is -0.706. The number of rotatable bonds is 7. The number of carbonyl (C=O) groups excluding carboxylic acids is 3. The zero-order valence-corrected chi connectivity index (χ0v) is 14.0. The van der Waals surface area contributed by atoms with Gasteiger partial charge in [0.25, 0.3) is 5.91 Å². The van der Waals surface area contributed by atoms with E-state index in [-0.39, 0.29) is 12.3 Å². The van der Waals surface area contributed by atoms with Gasteiger partial charge in [-0.05, 0) is 25.0 Å². The first-order chi connectivity index (χ1) is 11.5. The molecule has 1 aromatic rings. The van der Waals surface area contributed by atoms with E-state index in [9.17, 15) is 14.4 Å². The van der Waals surface area contributed by atoms with Crippen LogP contribution in [0.1, 0.15) is 43.0 Å². The second-order valence-corrected chi connectivity index (χ2v) is 5.67. The number of benzene rings is 1. The first-order valence-electron chi connectivity index (χ1n) is 8.11. The number of amides is 3. The molecule has 0 bridgehead atoms. The van der Waals surface area contributed by atoms with E-state index in [1.807, 2.05) is 0 Å². The minimum absolute atomic E-state index is 0.216. The lowest BCUT2D eigenvalue weighted by Gasteiger charge is -2.22. The van der Waals surface area contributed by atoms with Crippen molar-refractivity contribution < 1.29 is 19.1 Å². The summed E-state index contributed by atoms with van der Waals surface area (Å²) < 4.78 is 5.29. The molecule has 1 unspecified atom stereocenters. The summed E-state index contributed by atoms with van der Waals surface area (Å²) in [5.74, 6) is -0.759. The molecule has 3 N–H and O–H groups in total. The van der Waals surface area contributed by atoms with Gasteiger partial charge in [0.2, 0.25) is 11.8 Å². The Balaban J connectivity index is 2.05. The SMILES string of the molecule is CCCCNc1ccc(C(=O)NC2CCC(=O)NC2=O)c(OC)c1. The lowest BCUT2D eigenvalue weighted by atomic mass is 10.1. The van der Waals surface area contributed by atoms with Gasteiger partial charge in [-0.15, -0.1) is 0 Å². The Hall–Kier alpha value is -2.57. The maximum absolute atomic E-state index is 12.4. The van der Waals surface area contributed by atoms with Crippen molar-refractivity contribution in [3.8, 4) is 5.75 Å². The number of unbranched alkanes of at least 4 members (excludes halogenated alkanes) is 1. The van der Waals surface area contributed by atoms with Crippen LogP contribution in [-0.2, 0) is 9.59 Å². The van der Waals surface area contributed by atoms with Crippen LogP contribution in [0.25, 0.3) is 0 Å². The molecule has 24 heavy (non-hydrogen) atoms. The van der Waals surface area contributed by atoms with Crippen molar-refractivity contribution in [2.24, 2.45) is 0 Å². The Bertz CT molecular complexity index is 630. The van der Waals surface area contributed by atoms with Crippen LogP contribution in [0.5, 0.6) is 5.75 Å². The van der Waals surface area contributed by atoms with E-state index >= 15 is 0 Å². The molecule has 1 aliphatic heterocycles. The summed E-state index contributed by atoms with van der Waals surface area (Å²) in [6.07, 6.45) is 2.67. The number of methoxy groups -OCH3 is 1. The first kappa shape index (κ1) is 17.8. The molecule has 1 fully saturated rings. The third kappa shape index (κ3) is 4.47. The molecule has 0 aliphatic carbocycles. The van der Waals surface area contributed by atoms with Crippen LogP contribution < -0.4 is 20.7 Å². The van der Waals surface area contributed by atoms with E-state index in [4.69, 9.17) is 4.74 Å². The number of ether oxygens (including phenoxy) is 1. The molecule has 0 saturated carbocycles. The Kier molecular flexibility index (Phi) is 6.17. The van der Waals surface area contributed by atoms with Gasteiger partial charge in [-0.25, -0.2) is 0 Å². The van der Waals surface area contributed by atoms with Crippen LogP contribution in [0.3, 0.4) is 0 Å². The van der Waals surface area contributed by atoms with Gasteiger partial charge in [-0.1, -0.05) is 13.3 Å². The van der Waals surface area contributed by atoms with Crippen molar-refractivity contribution in [1.29, 1.82) is 0 Å². The van der Waals surface area contributed by atoms with E-state index in [0.29, 0.717) is 17.7 Å². The summed E-state index contributed by atoms with van der Waals surface area (Å²) in [4.78, 5) is 35.3. The van der Waals surface area contributed by atoms with E-state index in [2.05, 4.69) is 22.9 Å². The quantitative estimate of drug-likeness (QED) is 0.518. The van der Waals surface area contributed by atoms with E-state index in [1.165, 1.54) is 7.11 Å². The Labute approximate surface area is 141 Å². The fourth-order valence-corrected chi connectivity index (χ4v) is 2.47. The van der Waals surface area contributed by atoms with E-state index in [0.717, 1.165) is 25.1 Å².